The minimum atomic E-state index is -0.627. The van der Waals surface area contributed by atoms with E-state index in [9.17, 15) is 24.9 Å². The third-order valence-corrected chi connectivity index (χ3v) is 6.40. The number of nitrogens with two attached hydrogens (primary N) is 1. The molecule has 0 radical (unpaired) electrons. The molecule has 0 spiro atoms. The van der Waals surface area contributed by atoms with Gasteiger partial charge in [0, 0.05) is 16.8 Å². The van der Waals surface area contributed by atoms with E-state index in [-0.39, 0.29) is 23.7 Å². The van der Waals surface area contributed by atoms with Gasteiger partial charge < -0.3 is 26.4 Å². The number of carbonyl (C=O) groups is 1. The van der Waals surface area contributed by atoms with E-state index >= 15 is 0 Å². The summed E-state index contributed by atoms with van der Waals surface area (Å²) in [5, 5.41) is 33.8. The number of aromatic hydroxyl groups is 3. The Balaban J connectivity index is 0.00000306. The highest BCUT2D eigenvalue weighted by atomic mass is 35.5. The number of benzene rings is 2. The Labute approximate surface area is 200 Å². The lowest BCUT2D eigenvalue weighted by molar-refractivity contribution is 0.0935. The van der Waals surface area contributed by atoms with Gasteiger partial charge in [0.15, 0.2) is 16.9 Å². The van der Waals surface area contributed by atoms with Gasteiger partial charge in [0.25, 0.3) is 5.91 Å². The molecule has 0 aliphatic heterocycles. The molecule has 1 atom stereocenters. The minimum absolute atomic E-state index is 0. The molecule has 0 fully saturated rings. The van der Waals surface area contributed by atoms with Gasteiger partial charge in [0.05, 0.1) is 10.9 Å². The largest absolute Gasteiger partial charge is 0.504 e. The fourth-order valence-electron chi connectivity index (χ4n) is 3.99. The fourth-order valence-corrected chi connectivity index (χ4v) is 4.45. The van der Waals surface area contributed by atoms with Crippen molar-refractivity contribution < 1.29 is 20.1 Å². The lowest BCUT2D eigenvalue weighted by Crippen LogP contribution is -2.29. The Kier molecular flexibility index (Phi) is 7.09. The molecule has 0 bridgehead atoms. The van der Waals surface area contributed by atoms with Crippen LogP contribution in [0.15, 0.2) is 58.2 Å². The zero-order valence-corrected chi connectivity index (χ0v) is 19.3. The molecule has 0 heterocycles. The Hall–Kier alpha value is -3.36. The van der Waals surface area contributed by atoms with Gasteiger partial charge in [0.1, 0.15) is 0 Å². The number of amides is 1. The van der Waals surface area contributed by atoms with Gasteiger partial charge in [-0.1, -0.05) is 6.07 Å². The molecule has 3 aromatic carbocycles. The van der Waals surface area contributed by atoms with Crippen LogP contribution in [0.2, 0.25) is 0 Å². The van der Waals surface area contributed by atoms with E-state index in [0.29, 0.717) is 51.2 Å². The molecular formula is C24H23ClN2O5S. The summed E-state index contributed by atoms with van der Waals surface area (Å²) in [6.07, 6.45) is 2.60. The number of fused-ring (bicyclic) bond motifs is 3. The zero-order chi connectivity index (χ0) is 23.0. The Morgan fingerprint density at radius 2 is 1.76 bits per heavy atom. The van der Waals surface area contributed by atoms with Crippen LogP contribution in [-0.2, 0) is 6.42 Å². The molecule has 9 heteroatoms. The summed E-state index contributed by atoms with van der Waals surface area (Å²) < 4.78 is 0. The first-order chi connectivity index (χ1) is 15.3. The van der Waals surface area contributed by atoms with Crippen LogP contribution in [0.4, 0.5) is 5.69 Å². The van der Waals surface area contributed by atoms with Gasteiger partial charge in [-0.05, 0) is 78.3 Å². The Bertz CT molecular complexity index is 1280. The van der Waals surface area contributed by atoms with Crippen LogP contribution >= 0.6 is 24.2 Å². The van der Waals surface area contributed by atoms with Crippen molar-refractivity contribution in [3.8, 4) is 28.4 Å². The third kappa shape index (κ3) is 4.58. The first-order valence-electron chi connectivity index (χ1n) is 9.96. The summed E-state index contributed by atoms with van der Waals surface area (Å²) in [5.74, 6) is -1.85. The standard InChI is InChI=1S/C24H22N2O5S.ClH/c1-32-20-9-7-15-16(11-18(20)27)17(26-24(31)12-2-5-14(25)6-3-12)8-4-13-10-19(28)22(29)23(30)21(13)15;/h2-3,5-7,9-11,17,28-30H,4,8,25H2,1H3,(H,26,31);1H/t17-;/m0./s1. The monoisotopic (exact) mass is 486 g/mol. The average Bonchev–Trinajstić information content (AvgIpc) is 3.01. The molecule has 0 aromatic heterocycles. The molecule has 1 amide bonds. The smallest absolute Gasteiger partial charge is 0.251 e. The van der Waals surface area contributed by atoms with E-state index < -0.39 is 23.3 Å². The maximum absolute atomic E-state index is 12.9. The molecule has 6 N–H and O–H groups in total. The average molecular weight is 487 g/mol. The van der Waals surface area contributed by atoms with E-state index in [4.69, 9.17) is 5.73 Å². The van der Waals surface area contributed by atoms with E-state index in [1.165, 1.54) is 23.9 Å². The van der Waals surface area contributed by atoms with E-state index in [1.54, 1.807) is 42.7 Å². The van der Waals surface area contributed by atoms with Gasteiger partial charge in [-0.25, -0.2) is 0 Å². The number of nitrogens with one attached hydrogen (secondary N) is 1. The van der Waals surface area contributed by atoms with Gasteiger partial charge >= 0.3 is 0 Å². The van der Waals surface area contributed by atoms with Gasteiger partial charge in [-0.3, -0.25) is 9.59 Å². The fraction of sp³-hybridized carbons (Fsp3) is 0.167. The molecule has 0 saturated carbocycles. The summed E-state index contributed by atoms with van der Waals surface area (Å²) in [7, 11) is 0. The normalized spacial score (nSPS) is 14.3. The lowest BCUT2D eigenvalue weighted by atomic mass is 9.95. The number of carbonyl (C=O) groups excluding carboxylic acids is 1. The van der Waals surface area contributed by atoms with Crippen molar-refractivity contribution in [2.24, 2.45) is 0 Å². The molecule has 7 nitrogen and oxygen atoms in total. The SMILES string of the molecule is CSc1ccc2c(cc1=O)[C@@H](NC(=O)c1ccc(N)cc1)CCc1cc(O)c(O)c(O)c1-2.Cl. The zero-order valence-electron chi connectivity index (χ0n) is 17.7. The van der Waals surface area contributed by atoms with Crippen LogP contribution < -0.4 is 16.5 Å². The molecule has 33 heavy (non-hydrogen) atoms. The number of aryl methyl sites for hydroxylation is 1. The van der Waals surface area contributed by atoms with Crippen LogP contribution in [0.5, 0.6) is 17.2 Å². The summed E-state index contributed by atoms with van der Waals surface area (Å²) in [6, 6.07) is 12.2. The van der Waals surface area contributed by atoms with Gasteiger partial charge in [-0.15, -0.1) is 24.2 Å². The number of rotatable bonds is 3. The van der Waals surface area contributed by atoms with Gasteiger partial charge in [-0.2, -0.15) is 0 Å². The van der Waals surface area contributed by atoms with Crippen molar-refractivity contribution in [3.63, 3.8) is 0 Å². The molecule has 0 unspecified atom stereocenters. The second-order valence-electron chi connectivity index (χ2n) is 7.59. The highest BCUT2D eigenvalue weighted by Crippen LogP contribution is 2.48. The molecule has 4 rings (SSSR count). The maximum Gasteiger partial charge on any atom is 0.251 e. The highest BCUT2D eigenvalue weighted by Gasteiger charge is 2.28. The molecule has 0 saturated heterocycles. The van der Waals surface area contributed by atoms with Crippen LogP contribution in [0.1, 0.15) is 33.9 Å². The number of phenols is 3. The molecule has 3 aromatic rings. The molecule has 1 aliphatic carbocycles. The van der Waals surface area contributed by atoms with E-state index in [1.807, 2.05) is 0 Å². The lowest BCUT2D eigenvalue weighted by Gasteiger charge is -2.18. The first kappa shape index (κ1) is 24.3. The van der Waals surface area contributed by atoms with Crippen molar-refractivity contribution in [2.45, 2.75) is 23.8 Å². The predicted molar refractivity (Wildman–Crippen MR) is 132 cm³/mol. The van der Waals surface area contributed by atoms with Crippen molar-refractivity contribution in [1.29, 1.82) is 0 Å². The maximum atomic E-state index is 12.9. The Morgan fingerprint density at radius 3 is 2.42 bits per heavy atom. The summed E-state index contributed by atoms with van der Waals surface area (Å²) in [6.45, 7) is 0. The molecule has 1 aliphatic rings. The predicted octanol–water partition coefficient (Wildman–Crippen LogP) is 3.97. The number of phenolic OH excluding ortho intramolecular Hbond substituents is 3. The van der Waals surface area contributed by atoms with Crippen molar-refractivity contribution >= 4 is 35.8 Å². The number of thioether (sulfide) groups is 1. The second kappa shape index (κ2) is 9.64. The molecule has 172 valence electrons. The summed E-state index contributed by atoms with van der Waals surface area (Å²) >= 11 is 1.29. The van der Waals surface area contributed by atoms with Gasteiger partial charge in [0.2, 0.25) is 5.75 Å². The van der Waals surface area contributed by atoms with Crippen LogP contribution in [0.3, 0.4) is 0 Å². The number of hydrogen-bond donors (Lipinski definition) is 5. The summed E-state index contributed by atoms with van der Waals surface area (Å²) in [5.41, 5.74) is 8.43. The quantitative estimate of drug-likeness (QED) is 0.215. The minimum Gasteiger partial charge on any atom is -0.504 e. The number of hydrogen-bond acceptors (Lipinski definition) is 7. The van der Waals surface area contributed by atoms with Crippen LogP contribution in [0.25, 0.3) is 11.1 Å². The van der Waals surface area contributed by atoms with E-state index in [2.05, 4.69) is 5.32 Å². The highest BCUT2D eigenvalue weighted by molar-refractivity contribution is 7.98. The Morgan fingerprint density at radius 1 is 1.06 bits per heavy atom. The number of halogens is 1. The third-order valence-electron chi connectivity index (χ3n) is 5.62. The first-order valence-corrected chi connectivity index (χ1v) is 11.2. The summed E-state index contributed by atoms with van der Waals surface area (Å²) in [4.78, 5) is 26.2. The van der Waals surface area contributed by atoms with Crippen molar-refractivity contribution in [3.05, 3.63) is 75.4 Å². The van der Waals surface area contributed by atoms with Crippen molar-refractivity contribution in [1.82, 2.24) is 5.32 Å². The molecular weight excluding hydrogens is 464 g/mol. The van der Waals surface area contributed by atoms with Crippen LogP contribution in [0, 0.1) is 0 Å². The second-order valence-corrected chi connectivity index (χ2v) is 8.44. The number of nitrogen functional groups attached to an aromatic ring is 1. The van der Waals surface area contributed by atoms with Crippen LogP contribution in [-0.4, -0.2) is 27.5 Å². The van der Waals surface area contributed by atoms with E-state index in [0.717, 1.165) is 0 Å². The van der Waals surface area contributed by atoms with Crippen molar-refractivity contribution in [2.75, 3.05) is 12.0 Å². The number of anilines is 1. The topological polar surface area (TPSA) is 133 Å².